The van der Waals surface area contributed by atoms with Crippen molar-refractivity contribution in [3.8, 4) is 11.5 Å². The van der Waals surface area contributed by atoms with Crippen LogP contribution in [-0.2, 0) is 16.6 Å². The van der Waals surface area contributed by atoms with Crippen molar-refractivity contribution in [1.82, 2.24) is 0 Å². The van der Waals surface area contributed by atoms with Gasteiger partial charge in [0.15, 0.2) is 11.5 Å². The molecule has 1 heterocycles. The van der Waals surface area contributed by atoms with Crippen LogP contribution in [0.5, 0.6) is 11.5 Å². The van der Waals surface area contributed by atoms with Crippen molar-refractivity contribution >= 4 is 6.29 Å². The van der Waals surface area contributed by atoms with E-state index in [-0.39, 0.29) is 6.79 Å². The van der Waals surface area contributed by atoms with Gasteiger partial charge in [-0.15, -0.1) is 0 Å². The second-order valence-corrected chi connectivity index (χ2v) is 5.77. The maximum atomic E-state index is 11.7. The van der Waals surface area contributed by atoms with Gasteiger partial charge in [0.2, 0.25) is 6.79 Å². The first kappa shape index (κ1) is 13.7. The molecular formula is C18H18O3. The maximum Gasteiger partial charge on any atom is 0.231 e. The molecule has 0 saturated heterocycles. The van der Waals surface area contributed by atoms with Crippen LogP contribution in [0.3, 0.4) is 0 Å². The summed E-state index contributed by atoms with van der Waals surface area (Å²) in [5, 5.41) is 0. The van der Waals surface area contributed by atoms with E-state index in [1.807, 2.05) is 25.1 Å². The van der Waals surface area contributed by atoms with Crippen molar-refractivity contribution in [1.29, 1.82) is 0 Å². The zero-order valence-electron chi connectivity index (χ0n) is 12.3. The van der Waals surface area contributed by atoms with E-state index in [9.17, 15) is 4.79 Å². The molecule has 3 heteroatoms. The quantitative estimate of drug-likeness (QED) is 0.806. The van der Waals surface area contributed by atoms with Gasteiger partial charge in [-0.1, -0.05) is 35.9 Å². The molecule has 0 saturated carbocycles. The fourth-order valence-corrected chi connectivity index (χ4v) is 2.59. The lowest BCUT2D eigenvalue weighted by Crippen LogP contribution is -2.26. The molecule has 0 radical (unpaired) electrons. The Hall–Kier alpha value is -2.29. The summed E-state index contributed by atoms with van der Waals surface area (Å²) in [5.41, 5.74) is 2.74. The Kier molecular flexibility index (Phi) is 3.42. The Morgan fingerprint density at radius 3 is 2.52 bits per heavy atom. The van der Waals surface area contributed by atoms with E-state index in [1.54, 1.807) is 0 Å². The Morgan fingerprint density at radius 2 is 1.81 bits per heavy atom. The Bertz CT molecular complexity index is 661. The number of hydrogen-bond donors (Lipinski definition) is 0. The molecule has 0 aromatic heterocycles. The van der Waals surface area contributed by atoms with E-state index in [1.165, 1.54) is 5.56 Å². The molecule has 2 aromatic carbocycles. The van der Waals surface area contributed by atoms with Gasteiger partial charge in [-0.3, -0.25) is 0 Å². The summed E-state index contributed by atoms with van der Waals surface area (Å²) >= 11 is 0. The Balaban J connectivity index is 1.92. The van der Waals surface area contributed by atoms with Crippen LogP contribution in [0.15, 0.2) is 42.5 Å². The summed E-state index contributed by atoms with van der Waals surface area (Å²) in [5.74, 6) is 1.45. The molecule has 1 atom stereocenters. The first-order valence-electron chi connectivity index (χ1n) is 7.03. The van der Waals surface area contributed by atoms with Gasteiger partial charge in [0, 0.05) is 0 Å². The minimum atomic E-state index is -0.573. The van der Waals surface area contributed by atoms with Crippen LogP contribution in [0.2, 0.25) is 0 Å². The van der Waals surface area contributed by atoms with E-state index >= 15 is 0 Å². The Morgan fingerprint density at radius 1 is 1.10 bits per heavy atom. The third-order valence-corrected chi connectivity index (χ3v) is 3.98. The molecule has 0 N–H and O–H groups in total. The summed E-state index contributed by atoms with van der Waals surface area (Å²) in [6.07, 6.45) is 1.68. The van der Waals surface area contributed by atoms with Crippen LogP contribution in [0.25, 0.3) is 0 Å². The standard InChI is InChI=1S/C18H18O3/c1-13-3-5-14(6-4-13)10-18(2,11-19)15-7-8-16-17(9-15)21-12-20-16/h3-9,11H,10,12H2,1-2H3. The molecule has 0 fully saturated rings. The third-order valence-electron chi connectivity index (χ3n) is 3.98. The first-order chi connectivity index (χ1) is 10.1. The smallest absolute Gasteiger partial charge is 0.231 e. The number of carbonyl (C=O) groups is 1. The molecular weight excluding hydrogens is 264 g/mol. The van der Waals surface area contributed by atoms with Gasteiger partial charge < -0.3 is 14.3 Å². The minimum absolute atomic E-state index is 0.245. The van der Waals surface area contributed by atoms with Crippen LogP contribution in [-0.4, -0.2) is 13.1 Å². The van der Waals surface area contributed by atoms with Crippen molar-refractivity contribution in [2.24, 2.45) is 0 Å². The highest BCUT2D eigenvalue weighted by molar-refractivity contribution is 5.69. The predicted molar refractivity (Wildman–Crippen MR) is 80.9 cm³/mol. The van der Waals surface area contributed by atoms with Crippen LogP contribution in [0, 0.1) is 6.92 Å². The van der Waals surface area contributed by atoms with Crippen LogP contribution in [0.1, 0.15) is 23.6 Å². The molecule has 3 rings (SSSR count). The van der Waals surface area contributed by atoms with E-state index in [0.717, 1.165) is 23.2 Å². The normalized spacial score (nSPS) is 15.5. The molecule has 108 valence electrons. The molecule has 21 heavy (non-hydrogen) atoms. The summed E-state index contributed by atoms with van der Waals surface area (Å²) in [6.45, 7) is 4.26. The fraction of sp³-hybridized carbons (Fsp3) is 0.278. The number of carbonyl (C=O) groups excluding carboxylic acids is 1. The number of rotatable bonds is 4. The average Bonchev–Trinajstić information content (AvgIpc) is 2.97. The number of aryl methyl sites for hydroxylation is 1. The molecule has 1 aliphatic heterocycles. The molecule has 2 aromatic rings. The van der Waals surface area contributed by atoms with Crippen LogP contribution in [0.4, 0.5) is 0 Å². The second-order valence-electron chi connectivity index (χ2n) is 5.77. The molecule has 1 unspecified atom stereocenters. The van der Waals surface area contributed by atoms with Gasteiger partial charge >= 0.3 is 0 Å². The molecule has 0 spiro atoms. The SMILES string of the molecule is Cc1ccc(CC(C)(C=O)c2ccc3c(c2)OCO3)cc1. The number of fused-ring (bicyclic) bond motifs is 1. The largest absolute Gasteiger partial charge is 0.454 e. The highest BCUT2D eigenvalue weighted by Gasteiger charge is 2.28. The third kappa shape index (κ3) is 2.64. The molecule has 1 aliphatic rings. The summed E-state index contributed by atoms with van der Waals surface area (Å²) < 4.78 is 10.7. The molecule has 0 bridgehead atoms. The number of benzene rings is 2. The summed E-state index contributed by atoms with van der Waals surface area (Å²) in [6, 6.07) is 14.0. The zero-order valence-corrected chi connectivity index (χ0v) is 12.3. The monoisotopic (exact) mass is 282 g/mol. The topological polar surface area (TPSA) is 35.5 Å². The molecule has 0 aliphatic carbocycles. The van der Waals surface area contributed by atoms with Crippen LogP contribution >= 0.6 is 0 Å². The number of ether oxygens (including phenoxy) is 2. The van der Waals surface area contributed by atoms with Crippen molar-refractivity contribution < 1.29 is 14.3 Å². The highest BCUT2D eigenvalue weighted by Crippen LogP contribution is 2.37. The van der Waals surface area contributed by atoms with Crippen molar-refractivity contribution in [3.05, 3.63) is 59.2 Å². The van der Waals surface area contributed by atoms with Crippen molar-refractivity contribution in [2.45, 2.75) is 25.7 Å². The lowest BCUT2D eigenvalue weighted by Gasteiger charge is -2.24. The van der Waals surface area contributed by atoms with Crippen LogP contribution < -0.4 is 9.47 Å². The Labute approximate surface area is 124 Å². The lowest BCUT2D eigenvalue weighted by atomic mass is 9.78. The van der Waals surface area contributed by atoms with Gasteiger partial charge in [-0.2, -0.15) is 0 Å². The molecule has 0 amide bonds. The average molecular weight is 282 g/mol. The zero-order chi connectivity index (χ0) is 14.9. The van der Waals surface area contributed by atoms with Gasteiger partial charge in [0.25, 0.3) is 0 Å². The van der Waals surface area contributed by atoms with Gasteiger partial charge in [0.05, 0.1) is 5.41 Å². The lowest BCUT2D eigenvalue weighted by molar-refractivity contribution is -0.112. The summed E-state index contributed by atoms with van der Waals surface area (Å²) in [4.78, 5) is 11.7. The highest BCUT2D eigenvalue weighted by atomic mass is 16.7. The summed E-state index contributed by atoms with van der Waals surface area (Å²) in [7, 11) is 0. The van der Waals surface area contributed by atoms with Crippen molar-refractivity contribution in [3.63, 3.8) is 0 Å². The van der Waals surface area contributed by atoms with Gasteiger partial charge in [0.1, 0.15) is 6.29 Å². The first-order valence-corrected chi connectivity index (χ1v) is 7.03. The molecule has 3 nitrogen and oxygen atoms in total. The van der Waals surface area contributed by atoms with Gasteiger partial charge in [-0.25, -0.2) is 0 Å². The maximum absolute atomic E-state index is 11.7. The minimum Gasteiger partial charge on any atom is -0.454 e. The van der Waals surface area contributed by atoms with Gasteiger partial charge in [-0.05, 0) is 43.5 Å². The number of aldehydes is 1. The van der Waals surface area contributed by atoms with E-state index in [4.69, 9.17) is 9.47 Å². The van der Waals surface area contributed by atoms with E-state index in [2.05, 4.69) is 31.2 Å². The predicted octanol–water partition coefficient (Wildman–Crippen LogP) is 3.42. The second kappa shape index (κ2) is 5.24. The van der Waals surface area contributed by atoms with E-state index < -0.39 is 5.41 Å². The van der Waals surface area contributed by atoms with E-state index in [0.29, 0.717) is 12.2 Å². The fourth-order valence-electron chi connectivity index (χ4n) is 2.59. The number of hydrogen-bond acceptors (Lipinski definition) is 3. The van der Waals surface area contributed by atoms with Crippen molar-refractivity contribution in [2.75, 3.05) is 6.79 Å².